The zero-order valence-electron chi connectivity index (χ0n) is 12.4. The zero-order chi connectivity index (χ0) is 16.1. The van der Waals surface area contributed by atoms with Crippen molar-refractivity contribution in [3.05, 3.63) is 23.8 Å². The fraction of sp³-hybridized carbons (Fsp3) is 0.467. The summed E-state index contributed by atoms with van der Waals surface area (Å²) in [7, 11) is 0. The highest BCUT2D eigenvalue weighted by molar-refractivity contribution is 5.90. The highest BCUT2D eigenvalue weighted by Crippen LogP contribution is 2.26. The summed E-state index contributed by atoms with van der Waals surface area (Å²) in [6.45, 7) is 2.08. The third kappa shape index (κ3) is 3.79. The van der Waals surface area contributed by atoms with Crippen molar-refractivity contribution in [2.75, 3.05) is 17.7 Å². The SMILES string of the molecule is CCCC[C@H](CCO)Nc1nc(N)nc2cc(F)cc(F)c12. The smallest absolute Gasteiger partial charge is 0.222 e. The van der Waals surface area contributed by atoms with Crippen LogP contribution >= 0.6 is 0 Å². The number of halogens is 2. The summed E-state index contributed by atoms with van der Waals surface area (Å²) >= 11 is 0. The van der Waals surface area contributed by atoms with Crippen molar-refractivity contribution >= 4 is 22.7 Å². The summed E-state index contributed by atoms with van der Waals surface area (Å²) in [5.74, 6) is -1.28. The second kappa shape index (κ2) is 7.31. The van der Waals surface area contributed by atoms with E-state index in [9.17, 15) is 8.78 Å². The summed E-state index contributed by atoms with van der Waals surface area (Å²) in [5, 5.41) is 12.4. The Morgan fingerprint density at radius 2 is 2.05 bits per heavy atom. The van der Waals surface area contributed by atoms with Crippen LogP contribution in [-0.4, -0.2) is 27.7 Å². The molecular formula is C15H20F2N4O. The summed E-state index contributed by atoms with van der Waals surface area (Å²) in [6, 6.07) is 1.85. The van der Waals surface area contributed by atoms with Crippen LogP contribution in [0.1, 0.15) is 32.6 Å². The normalized spacial score (nSPS) is 12.5. The molecule has 2 rings (SSSR count). The number of aliphatic hydroxyl groups excluding tert-OH is 1. The van der Waals surface area contributed by atoms with Gasteiger partial charge in [0.25, 0.3) is 0 Å². The van der Waals surface area contributed by atoms with E-state index >= 15 is 0 Å². The van der Waals surface area contributed by atoms with Crippen LogP contribution in [0.5, 0.6) is 0 Å². The van der Waals surface area contributed by atoms with E-state index in [0.717, 1.165) is 31.4 Å². The van der Waals surface area contributed by atoms with Crippen molar-refractivity contribution < 1.29 is 13.9 Å². The third-order valence-electron chi connectivity index (χ3n) is 3.46. The van der Waals surface area contributed by atoms with Crippen LogP contribution in [0.2, 0.25) is 0 Å². The molecule has 0 fully saturated rings. The van der Waals surface area contributed by atoms with E-state index in [-0.39, 0.29) is 35.3 Å². The first kappa shape index (κ1) is 16.4. The molecule has 0 aliphatic rings. The van der Waals surface area contributed by atoms with Crippen LogP contribution in [0.3, 0.4) is 0 Å². The van der Waals surface area contributed by atoms with Gasteiger partial charge in [0.2, 0.25) is 5.95 Å². The van der Waals surface area contributed by atoms with Crippen molar-refractivity contribution in [3.8, 4) is 0 Å². The van der Waals surface area contributed by atoms with Crippen LogP contribution in [0.4, 0.5) is 20.5 Å². The van der Waals surface area contributed by atoms with Gasteiger partial charge >= 0.3 is 0 Å². The quantitative estimate of drug-likeness (QED) is 0.732. The number of rotatable bonds is 7. The number of fused-ring (bicyclic) bond motifs is 1. The van der Waals surface area contributed by atoms with E-state index in [4.69, 9.17) is 10.8 Å². The molecule has 7 heteroatoms. The Labute approximate surface area is 127 Å². The number of benzene rings is 1. The monoisotopic (exact) mass is 310 g/mol. The number of nitrogens with one attached hydrogen (secondary N) is 1. The zero-order valence-corrected chi connectivity index (χ0v) is 12.4. The Balaban J connectivity index is 2.40. The molecule has 1 aromatic carbocycles. The molecule has 0 aliphatic carbocycles. The van der Waals surface area contributed by atoms with Crippen LogP contribution < -0.4 is 11.1 Å². The van der Waals surface area contributed by atoms with Gasteiger partial charge in [-0.05, 0) is 12.8 Å². The number of aliphatic hydroxyl groups is 1. The molecule has 0 amide bonds. The van der Waals surface area contributed by atoms with E-state index in [1.165, 1.54) is 0 Å². The average molecular weight is 310 g/mol. The summed E-state index contributed by atoms with van der Waals surface area (Å²) in [5.41, 5.74) is 5.73. The molecule has 0 unspecified atom stereocenters. The van der Waals surface area contributed by atoms with Gasteiger partial charge in [-0.3, -0.25) is 0 Å². The lowest BCUT2D eigenvalue weighted by molar-refractivity contribution is 0.276. The maximum Gasteiger partial charge on any atom is 0.222 e. The molecule has 1 atom stereocenters. The first-order chi connectivity index (χ1) is 10.5. The second-order valence-electron chi connectivity index (χ2n) is 5.21. The number of hydrogen-bond acceptors (Lipinski definition) is 5. The van der Waals surface area contributed by atoms with Crippen molar-refractivity contribution in [1.29, 1.82) is 0 Å². The predicted octanol–water partition coefficient (Wildman–Crippen LogP) is 2.84. The molecule has 0 aliphatic heterocycles. The Kier molecular flexibility index (Phi) is 5.43. The summed E-state index contributed by atoms with van der Waals surface area (Å²) in [4.78, 5) is 7.90. The number of aromatic nitrogens is 2. The van der Waals surface area contributed by atoms with E-state index in [1.54, 1.807) is 0 Å². The molecule has 5 nitrogen and oxygen atoms in total. The summed E-state index contributed by atoms with van der Waals surface area (Å²) in [6.07, 6.45) is 3.29. The van der Waals surface area contributed by atoms with Gasteiger partial charge in [-0.15, -0.1) is 0 Å². The Bertz CT molecular complexity index is 646. The van der Waals surface area contributed by atoms with E-state index in [1.807, 2.05) is 0 Å². The standard InChI is InChI=1S/C15H20F2N4O/c1-2-3-4-10(5-6-22)19-14-13-11(17)7-9(16)8-12(13)20-15(18)21-14/h7-8,10,22H,2-6H2,1H3,(H3,18,19,20,21)/t10-/m1/s1. The molecule has 0 radical (unpaired) electrons. The fourth-order valence-corrected chi connectivity index (χ4v) is 2.39. The average Bonchev–Trinajstić information content (AvgIpc) is 2.43. The minimum Gasteiger partial charge on any atom is -0.396 e. The molecule has 22 heavy (non-hydrogen) atoms. The number of nitrogens with two attached hydrogens (primary N) is 1. The molecular weight excluding hydrogens is 290 g/mol. The Hall–Kier alpha value is -2.02. The Morgan fingerprint density at radius 1 is 1.27 bits per heavy atom. The lowest BCUT2D eigenvalue weighted by Gasteiger charge is -2.19. The molecule has 0 spiro atoms. The summed E-state index contributed by atoms with van der Waals surface area (Å²) < 4.78 is 27.4. The van der Waals surface area contributed by atoms with Gasteiger partial charge in [0.05, 0.1) is 10.9 Å². The van der Waals surface area contributed by atoms with Gasteiger partial charge in [0, 0.05) is 24.8 Å². The van der Waals surface area contributed by atoms with Gasteiger partial charge in [-0.25, -0.2) is 13.8 Å². The molecule has 4 N–H and O–H groups in total. The largest absolute Gasteiger partial charge is 0.396 e. The highest BCUT2D eigenvalue weighted by Gasteiger charge is 2.16. The molecule has 1 heterocycles. The maximum atomic E-state index is 14.1. The first-order valence-electron chi connectivity index (χ1n) is 7.34. The first-order valence-corrected chi connectivity index (χ1v) is 7.34. The van der Waals surface area contributed by atoms with Gasteiger partial charge in [0.15, 0.2) is 0 Å². The maximum absolute atomic E-state index is 14.1. The molecule has 0 saturated carbocycles. The fourth-order valence-electron chi connectivity index (χ4n) is 2.39. The molecule has 0 bridgehead atoms. The van der Waals surface area contributed by atoms with Crippen LogP contribution in [0.15, 0.2) is 12.1 Å². The molecule has 1 aromatic heterocycles. The van der Waals surface area contributed by atoms with E-state index < -0.39 is 11.6 Å². The minimum absolute atomic E-state index is 0.0109. The van der Waals surface area contributed by atoms with Crippen LogP contribution in [0, 0.1) is 11.6 Å². The van der Waals surface area contributed by atoms with Crippen molar-refractivity contribution in [3.63, 3.8) is 0 Å². The predicted molar refractivity (Wildman–Crippen MR) is 82.5 cm³/mol. The number of hydrogen-bond donors (Lipinski definition) is 3. The lowest BCUT2D eigenvalue weighted by atomic mass is 10.1. The third-order valence-corrected chi connectivity index (χ3v) is 3.46. The highest BCUT2D eigenvalue weighted by atomic mass is 19.1. The second-order valence-corrected chi connectivity index (χ2v) is 5.21. The van der Waals surface area contributed by atoms with E-state index in [0.29, 0.717) is 6.42 Å². The van der Waals surface area contributed by atoms with Crippen molar-refractivity contribution in [2.45, 2.75) is 38.6 Å². The van der Waals surface area contributed by atoms with Crippen LogP contribution in [0.25, 0.3) is 10.9 Å². The van der Waals surface area contributed by atoms with Gasteiger partial charge in [-0.1, -0.05) is 19.8 Å². The number of nitrogens with zero attached hydrogens (tertiary/aromatic N) is 2. The lowest BCUT2D eigenvalue weighted by Crippen LogP contribution is -2.22. The van der Waals surface area contributed by atoms with Gasteiger partial charge < -0.3 is 16.2 Å². The van der Waals surface area contributed by atoms with Crippen molar-refractivity contribution in [2.24, 2.45) is 0 Å². The van der Waals surface area contributed by atoms with Crippen LogP contribution in [-0.2, 0) is 0 Å². The molecule has 120 valence electrons. The number of anilines is 2. The minimum atomic E-state index is -0.740. The van der Waals surface area contributed by atoms with Gasteiger partial charge in [0.1, 0.15) is 17.5 Å². The number of unbranched alkanes of at least 4 members (excludes halogenated alkanes) is 1. The van der Waals surface area contributed by atoms with Gasteiger partial charge in [-0.2, -0.15) is 4.98 Å². The van der Waals surface area contributed by atoms with E-state index in [2.05, 4.69) is 22.2 Å². The molecule has 2 aromatic rings. The Morgan fingerprint density at radius 3 is 2.73 bits per heavy atom. The molecule has 0 saturated heterocycles. The van der Waals surface area contributed by atoms with Crippen molar-refractivity contribution in [1.82, 2.24) is 9.97 Å². The topological polar surface area (TPSA) is 84.1 Å². The number of nitrogen functional groups attached to an aromatic ring is 1.